The average molecular weight is 297 g/mol. The zero-order valence-corrected chi connectivity index (χ0v) is 12.9. The number of hydrogen-bond donors (Lipinski definition) is 0. The molecule has 1 saturated heterocycles. The molecule has 118 valence electrons. The van der Waals surface area contributed by atoms with Crippen LogP contribution in [0.5, 0.6) is 5.75 Å². The van der Waals surface area contributed by atoms with Gasteiger partial charge in [0.15, 0.2) is 0 Å². The van der Waals surface area contributed by atoms with Crippen molar-refractivity contribution >= 4 is 0 Å². The molecule has 0 bridgehead atoms. The van der Waals surface area contributed by atoms with Gasteiger partial charge in [-0.15, -0.1) is 0 Å². The molecule has 1 aliphatic rings. The summed E-state index contributed by atoms with van der Waals surface area (Å²) in [5, 5.41) is 0. The monoisotopic (exact) mass is 297 g/mol. The van der Waals surface area contributed by atoms with Gasteiger partial charge in [-0.05, 0) is 55.6 Å². The Morgan fingerprint density at radius 2 is 1.81 bits per heavy atom. The molecular weight excluding hydrogens is 272 g/mol. The highest BCUT2D eigenvalue weighted by atomic mass is 19.3. The third kappa shape index (κ3) is 4.67. The molecule has 1 aromatic carbocycles. The molecule has 2 rings (SSSR count). The summed E-state index contributed by atoms with van der Waals surface area (Å²) in [6.07, 6.45) is 1.43. The summed E-state index contributed by atoms with van der Waals surface area (Å²) in [7, 11) is 0. The lowest BCUT2D eigenvalue weighted by atomic mass is 9.97. The number of ether oxygens (including phenoxy) is 1. The summed E-state index contributed by atoms with van der Waals surface area (Å²) in [5.74, 6) is 0.764. The summed E-state index contributed by atoms with van der Waals surface area (Å²) in [4.78, 5) is 2.40. The molecule has 0 N–H and O–H groups in total. The minimum Gasteiger partial charge on any atom is -0.492 e. The Hall–Kier alpha value is -1.16. The molecule has 0 spiro atoms. The molecule has 0 amide bonds. The van der Waals surface area contributed by atoms with Crippen LogP contribution in [0.2, 0.25) is 0 Å². The van der Waals surface area contributed by atoms with Crippen LogP contribution in [-0.2, 0) is 0 Å². The molecule has 0 aromatic heterocycles. The van der Waals surface area contributed by atoms with Crippen molar-refractivity contribution in [2.75, 3.05) is 26.2 Å². The fourth-order valence-electron chi connectivity index (χ4n) is 2.82. The number of alkyl halides is 2. The van der Waals surface area contributed by atoms with E-state index in [2.05, 4.69) is 4.90 Å². The van der Waals surface area contributed by atoms with Crippen molar-refractivity contribution in [3.63, 3.8) is 0 Å². The van der Waals surface area contributed by atoms with Gasteiger partial charge >= 0.3 is 0 Å². The summed E-state index contributed by atoms with van der Waals surface area (Å²) in [6.45, 7) is 7.67. The predicted octanol–water partition coefficient (Wildman–Crippen LogP) is 4.61. The van der Waals surface area contributed by atoms with Gasteiger partial charge < -0.3 is 4.74 Å². The average Bonchev–Trinajstić information content (AvgIpc) is 2.48. The van der Waals surface area contributed by atoms with E-state index < -0.39 is 6.43 Å². The minimum absolute atomic E-state index is 0.0691. The third-order valence-electron chi connectivity index (χ3n) is 4.04. The van der Waals surface area contributed by atoms with Gasteiger partial charge in [0.05, 0.1) is 0 Å². The first kappa shape index (κ1) is 16.2. The molecule has 0 aliphatic carbocycles. The van der Waals surface area contributed by atoms with Crippen LogP contribution < -0.4 is 4.74 Å². The second-order valence-electron chi connectivity index (χ2n) is 6.00. The normalized spacial score (nSPS) is 16.7. The fourth-order valence-corrected chi connectivity index (χ4v) is 2.82. The zero-order valence-electron chi connectivity index (χ0n) is 12.9. The highest BCUT2D eigenvalue weighted by Gasteiger charge is 2.16. The molecule has 0 atom stereocenters. The second-order valence-corrected chi connectivity index (χ2v) is 6.00. The van der Waals surface area contributed by atoms with Crippen LogP contribution in [0.15, 0.2) is 18.2 Å². The number of rotatable bonds is 6. The number of nitrogens with zero attached hydrogens (tertiary/aromatic N) is 1. The first-order valence-corrected chi connectivity index (χ1v) is 7.85. The summed E-state index contributed by atoms with van der Waals surface area (Å²) in [5.41, 5.74) is 0.800. The molecule has 0 unspecified atom stereocenters. The van der Waals surface area contributed by atoms with Gasteiger partial charge in [-0.2, -0.15) is 0 Å². The second kappa shape index (κ2) is 7.74. The summed E-state index contributed by atoms with van der Waals surface area (Å²) in [6, 6.07) is 4.92. The molecule has 1 fully saturated rings. The maximum absolute atomic E-state index is 13.0. The van der Waals surface area contributed by atoms with Crippen LogP contribution in [0, 0.1) is 0 Å². The number of benzene rings is 1. The van der Waals surface area contributed by atoms with E-state index >= 15 is 0 Å². The van der Waals surface area contributed by atoms with Crippen molar-refractivity contribution in [1.82, 2.24) is 4.90 Å². The molecule has 1 aromatic rings. The van der Waals surface area contributed by atoms with Crippen LogP contribution in [0.1, 0.15) is 56.6 Å². The van der Waals surface area contributed by atoms with Crippen molar-refractivity contribution in [3.05, 3.63) is 29.3 Å². The lowest BCUT2D eigenvalue weighted by Crippen LogP contribution is -2.33. The van der Waals surface area contributed by atoms with Crippen LogP contribution >= 0.6 is 0 Å². The zero-order chi connectivity index (χ0) is 15.2. The molecule has 4 heteroatoms. The van der Waals surface area contributed by atoms with E-state index in [1.54, 1.807) is 12.1 Å². The van der Waals surface area contributed by atoms with Crippen LogP contribution in [0.4, 0.5) is 8.78 Å². The molecule has 2 nitrogen and oxygen atoms in total. The summed E-state index contributed by atoms with van der Waals surface area (Å²) >= 11 is 0. The van der Waals surface area contributed by atoms with E-state index in [-0.39, 0.29) is 11.5 Å². The first-order valence-electron chi connectivity index (χ1n) is 7.85. The van der Waals surface area contributed by atoms with E-state index in [0.717, 1.165) is 19.6 Å². The molecular formula is C17H25F2NO. The van der Waals surface area contributed by atoms with Gasteiger partial charge in [0.1, 0.15) is 12.4 Å². The molecule has 0 saturated carbocycles. The lowest BCUT2D eigenvalue weighted by molar-refractivity contribution is 0.149. The van der Waals surface area contributed by atoms with Crippen molar-refractivity contribution in [2.45, 2.75) is 45.5 Å². The Morgan fingerprint density at radius 1 is 1.10 bits per heavy atom. The van der Waals surface area contributed by atoms with Gasteiger partial charge in [0.2, 0.25) is 0 Å². The third-order valence-corrected chi connectivity index (χ3v) is 4.04. The highest BCUT2D eigenvalue weighted by molar-refractivity contribution is 5.38. The largest absolute Gasteiger partial charge is 0.492 e. The van der Waals surface area contributed by atoms with Gasteiger partial charge in [-0.25, -0.2) is 8.78 Å². The number of piperidine rings is 1. The number of halogens is 2. The molecule has 1 heterocycles. The van der Waals surface area contributed by atoms with Gasteiger partial charge in [0, 0.05) is 12.1 Å². The molecule has 0 radical (unpaired) electrons. The van der Waals surface area contributed by atoms with E-state index in [1.165, 1.54) is 25.3 Å². The lowest BCUT2D eigenvalue weighted by Gasteiger charge is -2.26. The quantitative estimate of drug-likeness (QED) is 0.760. The van der Waals surface area contributed by atoms with Crippen molar-refractivity contribution < 1.29 is 13.5 Å². The van der Waals surface area contributed by atoms with E-state index in [4.69, 9.17) is 4.74 Å². The molecule has 21 heavy (non-hydrogen) atoms. The van der Waals surface area contributed by atoms with Crippen molar-refractivity contribution in [1.29, 1.82) is 0 Å². The van der Waals surface area contributed by atoms with Crippen molar-refractivity contribution in [2.24, 2.45) is 0 Å². The topological polar surface area (TPSA) is 12.5 Å². The standard InChI is InChI=1S/C17H25F2NO/c1-13(2)16-12-14(6-7-15(16)17(18)19)21-11-10-20-8-4-3-5-9-20/h6-7,12-13,17H,3-5,8-11H2,1-2H3. The van der Waals surface area contributed by atoms with Gasteiger partial charge in [0.25, 0.3) is 6.43 Å². The number of likely N-dealkylation sites (tertiary alicyclic amines) is 1. The fraction of sp³-hybridized carbons (Fsp3) is 0.647. The van der Waals surface area contributed by atoms with E-state index in [9.17, 15) is 8.78 Å². The maximum Gasteiger partial charge on any atom is 0.264 e. The van der Waals surface area contributed by atoms with E-state index in [0.29, 0.717) is 17.9 Å². The highest BCUT2D eigenvalue weighted by Crippen LogP contribution is 2.31. The number of hydrogen-bond acceptors (Lipinski definition) is 2. The minimum atomic E-state index is -2.43. The van der Waals surface area contributed by atoms with Crippen LogP contribution in [-0.4, -0.2) is 31.1 Å². The summed E-state index contributed by atoms with van der Waals surface area (Å²) < 4.78 is 31.7. The Bertz CT molecular complexity index is 442. The smallest absolute Gasteiger partial charge is 0.264 e. The SMILES string of the molecule is CC(C)c1cc(OCCN2CCCCC2)ccc1C(F)F. The molecule has 1 aliphatic heterocycles. The maximum atomic E-state index is 13.0. The van der Waals surface area contributed by atoms with E-state index in [1.807, 2.05) is 13.8 Å². The first-order chi connectivity index (χ1) is 10.1. The van der Waals surface area contributed by atoms with Gasteiger partial charge in [-0.1, -0.05) is 20.3 Å². The van der Waals surface area contributed by atoms with Gasteiger partial charge in [-0.3, -0.25) is 4.90 Å². The Morgan fingerprint density at radius 3 is 2.43 bits per heavy atom. The Labute approximate surface area is 126 Å². The van der Waals surface area contributed by atoms with Crippen LogP contribution in [0.25, 0.3) is 0 Å². The predicted molar refractivity (Wildman–Crippen MR) is 81.3 cm³/mol. The van der Waals surface area contributed by atoms with Crippen LogP contribution in [0.3, 0.4) is 0 Å². The van der Waals surface area contributed by atoms with Crippen molar-refractivity contribution in [3.8, 4) is 5.75 Å². The Balaban J connectivity index is 1.92. The Kier molecular flexibility index (Phi) is 5.97.